The molecule has 2 atom stereocenters. The van der Waals surface area contributed by atoms with E-state index in [0.717, 1.165) is 0 Å². The third-order valence-corrected chi connectivity index (χ3v) is 13.2. The van der Waals surface area contributed by atoms with Gasteiger partial charge in [-0.25, -0.2) is 0 Å². The molecule has 48 heavy (non-hydrogen) atoms. The summed E-state index contributed by atoms with van der Waals surface area (Å²) in [4.78, 5) is 0. The lowest BCUT2D eigenvalue weighted by Crippen LogP contribution is -2.16. The summed E-state index contributed by atoms with van der Waals surface area (Å²) in [6.45, 7) is 0. The largest absolute Gasteiger partial charge is 0.135 e. The molecule has 2 aromatic heterocycles. The van der Waals surface area contributed by atoms with Crippen molar-refractivity contribution in [3.8, 4) is 22.3 Å². The molecular formula is C46H28S2. The van der Waals surface area contributed by atoms with Gasteiger partial charge in [-0.3, -0.25) is 0 Å². The lowest BCUT2D eigenvalue weighted by atomic mass is 9.71. The Balaban J connectivity index is 1.02. The summed E-state index contributed by atoms with van der Waals surface area (Å²) in [6.07, 6.45) is 9.59. The van der Waals surface area contributed by atoms with Crippen LogP contribution in [0.5, 0.6) is 0 Å². The number of fused-ring (bicyclic) bond motifs is 13. The Labute approximate surface area is 286 Å². The minimum Gasteiger partial charge on any atom is -0.135 e. The molecule has 0 saturated carbocycles. The van der Waals surface area contributed by atoms with E-state index in [2.05, 4.69) is 158 Å². The van der Waals surface area contributed by atoms with Crippen LogP contribution in [-0.4, -0.2) is 0 Å². The minimum atomic E-state index is 0.304. The van der Waals surface area contributed by atoms with Crippen molar-refractivity contribution in [2.75, 3.05) is 0 Å². The molecule has 2 aliphatic rings. The Kier molecular flexibility index (Phi) is 5.63. The molecule has 0 spiro atoms. The van der Waals surface area contributed by atoms with Crippen LogP contribution in [-0.2, 0) is 0 Å². The van der Waals surface area contributed by atoms with Gasteiger partial charge in [0.05, 0.1) is 0 Å². The molecule has 2 aliphatic carbocycles. The molecule has 2 heterocycles. The van der Waals surface area contributed by atoms with Crippen LogP contribution in [0, 0.1) is 0 Å². The highest BCUT2D eigenvalue weighted by molar-refractivity contribution is 7.27. The number of benzene rings is 7. The van der Waals surface area contributed by atoms with Crippen LogP contribution in [0.25, 0.3) is 85.5 Å². The van der Waals surface area contributed by atoms with Crippen LogP contribution in [0.1, 0.15) is 34.1 Å². The summed E-state index contributed by atoms with van der Waals surface area (Å²) in [7, 11) is 0. The van der Waals surface area contributed by atoms with Gasteiger partial charge >= 0.3 is 0 Å². The summed E-state index contributed by atoms with van der Waals surface area (Å²) in [5.41, 5.74) is 10.8. The number of hydrogen-bond acceptors (Lipinski definition) is 2. The smallest absolute Gasteiger partial charge is 0.0434 e. The zero-order chi connectivity index (χ0) is 31.3. The van der Waals surface area contributed by atoms with E-state index in [1.54, 1.807) is 0 Å². The number of thiophene rings is 2. The molecule has 0 fully saturated rings. The third-order valence-electron chi connectivity index (χ3n) is 10.7. The summed E-state index contributed by atoms with van der Waals surface area (Å²) >= 11 is 3.85. The van der Waals surface area contributed by atoms with Gasteiger partial charge in [-0.1, -0.05) is 140 Å². The first kappa shape index (κ1) is 26.8. The zero-order valence-corrected chi connectivity index (χ0v) is 27.6. The molecule has 7 aromatic carbocycles. The van der Waals surface area contributed by atoms with Crippen LogP contribution in [0.3, 0.4) is 0 Å². The van der Waals surface area contributed by atoms with Crippen molar-refractivity contribution in [3.63, 3.8) is 0 Å². The van der Waals surface area contributed by atoms with E-state index >= 15 is 0 Å². The third kappa shape index (κ3) is 3.82. The van der Waals surface area contributed by atoms with E-state index in [4.69, 9.17) is 0 Å². The maximum atomic E-state index is 2.48. The molecule has 0 nitrogen and oxygen atoms in total. The van der Waals surface area contributed by atoms with Crippen LogP contribution in [0.2, 0.25) is 0 Å². The van der Waals surface area contributed by atoms with Crippen LogP contribution in [0.4, 0.5) is 0 Å². The molecule has 0 bridgehead atoms. The molecule has 0 saturated heterocycles. The maximum absolute atomic E-state index is 2.48. The second kappa shape index (κ2) is 10.1. The van der Waals surface area contributed by atoms with Gasteiger partial charge in [-0.2, -0.15) is 0 Å². The predicted octanol–water partition coefficient (Wildman–Crippen LogP) is 13.8. The Morgan fingerprint density at radius 1 is 0.396 bits per heavy atom. The molecule has 0 radical (unpaired) electrons. The van der Waals surface area contributed by atoms with E-state index in [-0.39, 0.29) is 0 Å². The predicted molar refractivity (Wildman–Crippen MR) is 211 cm³/mol. The quantitative estimate of drug-likeness (QED) is 0.176. The van der Waals surface area contributed by atoms with Gasteiger partial charge in [0, 0.05) is 52.2 Å². The second-order valence-corrected chi connectivity index (χ2v) is 15.3. The van der Waals surface area contributed by atoms with Crippen molar-refractivity contribution in [2.45, 2.75) is 11.8 Å². The lowest BCUT2D eigenvalue weighted by molar-refractivity contribution is 0.723. The van der Waals surface area contributed by atoms with Crippen LogP contribution in [0.15, 0.2) is 146 Å². The monoisotopic (exact) mass is 644 g/mol. The van der Waals surface area contributed by atoms with Crippen molar-refractivity contribution in [2.24, 2.45) is 0 Å². The van der Waals surface area contributed by atoms with Crippen molar-refractivity contribution in [1.82, 2.24) is 0 Å². The minimum absolute atomic E-state index is 0.304. The average molecular weight is 645 g/mol. The molecule has 2 unspecified atom stereocenters. The first-order chi connectivity index (χ1) is 23.8. The van der Waals surface area contributed by atoms with E-state index < -0.39 is 0 Å². The summed E-state index contributed by atoms with van der Waals surface area (Å²) < 4.78 is 5.48. The van der Waals surface area contributed by atoms with Crippen molar-refractivity contribution in [3.05, 3.63) is 168 Å². The fourth-order valence-electron chi connectivity index (χ4n) is 8.34. The van der Waals surface area contributed by atoms with Gasteiger partial charge in [-0.05, 0) is 73.5 Å². The van der Waals surface area contributed by atoms with E-state index in [1.807, 2.05) is 22.7 Å². The van der Waals surface area contributed by atoms with Gasteiger partial charge in [-0.15, -0.1) is 22.7 Å². The molecular weight excluding hydrogens is 617 g/mol. The normalized spacial score (nSPS) is 16.6. The summed E-state index contributed by atoms with van der Waals surface area (Å²) in [6, 6.07) is 50.0. The van der Waals surface area contributed by atoms with Crippen molar-refractivity contribution < 1.29 is 0 Å². The highest BCUT2D eigenvalue weighted by atomic mass is 32.1. The van der Waals surface area contributed by atoms with Crippen molar-refractivity contribution in [1.29, 1.82) is 0 Å². The molecule has 0 N–H and O–H groups in total. The molecule has 0 aliphatic heterocycles. The molecule has 9 aromatic rings. The standard InChI is InChI=1S/C46H28S2/c1-2-8-32-27(7-1)21-24-40-39-13-6-11-34(46(39)48-45(32)40)31-18-16-29-20-22-35-36(42(29)26-31)23-19-28-15-17-30(25-41(28)35)33-10-5-12-38-37-9-3-4-14-43(37)47-44(33)38/h1-26,35-36H. The van der Waals surface area contributed by atoms with Crippen LogP contribution >= 0.6 is 22.7 Å². The Morgan fingerprint density at radius 3 is 1.67 bits per heavy atom. The fraction of sp³-hybridized carbons (Fsp3) is 0.0435. The molecule has 224 valence electrons. The maximum Gasteiger partial charge on any atom is 0.0434 e. The van der Waals surface area contributed by atoms with E-state index in [0.29, 0.717) is 11.8 Å². The average Bonchev–Trinajstić information content (AvgIpc) is 3.73. The molecule has 2 heteroatoms. The van der Waals surface area contributed by atoms with Gasteiger partial charge in [0.15, 0.2) is 0 Å². The summed E-state index contributed by atoms with van der Waals surface area (Å²) in [5, 5.41) is 8.05. The first-order valence-electron chi connectivity index (χ1n) is 16.7. The number of hydrogen-bond donors (Lipinski definition) is 0. The summed E-state index contributed by atoms with van der Waals surface area (Å²) in [5.74, 6) is 0.610. The second-order valence-electron chi connectivity index (χ2n) is 13.2. The Morgan fingerprint density at radius 2 is 0.958 bits per heavy atom. The highest BCUT2D eigenvalue weighted by Gasteiger charge is 2.30. The first-order valence-corrected chi connectivity index (χ1v) is 18.3. The van der Waals surface area contributed by atoms with Gasteiger partial charge in [0.2, 0.25) is 0 Å². The number of allylic oxidation sites excluding steroid dienone is 2. The topological polar surface area (TPSA) is 0 Å². The number of rotatable bonds is 2. The molecule has 11 rings (SSSR count). The van der Waals surface area contributed by atoms with Gasteiger partial charge < -0.3 is 0 Å². The Hall–Kier alpha value is -5.28. The lowest BCUT2D eigenvalue weighted by Gasteiger charge is -2.33. The van der Waals surface area contributed by atoms with Crippen LogP contribution < -0.4 is 0 Å². The Bertz CT molecular complexity index is 2860. The van der Waals surface area contributed by atoms with E-state index in [9.17, 15) is 0 Å². The zero-order valence-electron chi connectivity index (χ0n) is 26.0. The van der Waals surface area contributed by atoms with E-state index in [1.165, 1.54) is 95.6 Å². The van der Waals surface area contributed by atoms with Crippen molar-refractivity contribution >= 4 is 85.9 Å². The fourth-order valence-corrected chi connectivity index (χ4v) is 11.0. The van der Waals surface area contributed by atoms with Gasteiger partial charge in [0.1, 0.15) is 0 Å². The molecule has 0 amide bonds. The highest BCUT2D eigenvalue weighted by Crippen LogP contribution is 2.49. The van der Waals surface area contributed by atoms with Gasteiger partial charge in [0.25, 0.3) is 0 Å². The SMILES string of the molecule is C1=CC2c3cc(-c4cccc5c4sc4c6ccccc6ccc54)ccc3C=CC2c2cc(-c3cccc4c3sc3ccccc34)ccc21.